The third-order valence-corrected chi connectivity index (χ3v) is 11.8. The van der Waals surface area contributed by atoms with Crippen LogP contribution >= 0.6 is 0 Å². The molecule has 2 saturated heterocycles. The Hall–Kier alpha value is -2.88. The van der Waals surface area contributed by atoms with Crippen LogP contribution in [0.1, 0.15) is 24.8 Å². The van der Waals surface area contributed by atoms with Crippen LogP contribution < -0.4 is 14.8 Å². The third kappa shape index (κ3) is 8.33. The van der Waals surface area contributed by atoms with E-state index in [2.05, 4.69) is 27.1 Å². The number of benzene rings is 3. The lowest BCUT2D eigenvalue weighted by Crippen LogP contribution is -2.47. The van der Waals surface area contributed by atoms with Crippen molar-refractivity contribution in [3.63, 3.8) is 0 Å². The summed E-state index contributed by atoms with van der Waals surface area (Å²) in [6.45, 7) is 2.28. The number of rotatable bonds is 13. The lowest BCUT2D eigenvalue weighted by atomic mass is 9.88. The summed E-state index contributed by atoms with van der Waals surface area (Å²) < 4.78 is 67.1. The van der Waals surface area contributed by atoms with Crippen molar-refractivity contribution in [2.24, 2.45) is 0 Å². The Morgan fingerprint density at radius 2 is 1.65 bits per heavy atom. The predicted octanol–water partition coefficient (Wildman–Crippen LogP) is 2.67. The van der Waals surface area contributed by atoms with Gasteiger partial charge in [0.1, 0.15) is 18.5 Å². The fourth-order valence-corrected chi connectivity index (χ4v) is 8.31. The zero-order valence-electron chi connectivity index (χ0n) is 26.6. The van der Waals surface area contributed by atoms with E-state index in [9.17, 15) is 21.9 Å². The van der Waals surface area contributed by atoms with E-state index in [1.807, 2.05) is 32.3 Å². The number of sulfonamides is 2. The maximum atomic E-state index is 13.7. The summed E-state index contributed by atoms with van der Waals surface area (Å²) in [5.41, 5.74) is 2.61. The fraction of sp³-hybridized carbons (Fsp3) is 0.455. The van der Waals surface area contributed by atoms with Gasteiger partial charge in [-0.05, 0) is 87.4 Å². The number of nitrogens with zero attached hydrogens (tertiary/aromatic N) is 2. The minimum atomic E-state index is -3.67. The second-order valence-electron chi connectivity index (χ2n) is 12.3. The molecule has 2 unspecified atom stereocenters. The normalized spacial score (nSPS) is 19.5. The molecule has 0 radical (unpaired) electrons. The highest BCUT2D eigenvalue weighted by molar-refractivity contribution is 7.89. The molecule has 0 bridgehead atoms. The van der Waals surface area contributed by atoms with E-state index >= 15 is 0 Å². The van der Waals surface area contributed by atoms with Crippen molar-refractivity contribution in [1.82, 2.24) is 19.2 Å². The molecule has 0 amide bonds. The number of hydrogen-bond donors (Lipinski definition) is 3. The molecular formula is C33H44N4O7S2. The Labute approximate surface area is 272 Å². The molecule has 11 nitrogen and oxygen atoms in total. The summed E-state index contributed by atoms with van der Waals surface area (Å²) >= 11 is 0. The molecule has 250 valence electrons. The van der Waals surface area contributed by atoms with Crippen LogP contribution in [0, 0.1) is 0 Å². The van der Waals surface area contributed by atoms with Crippen LogP contribution in [0.5, 0.6) is 5.75 Å². The van der Waals surface area contributed by atoms with Gasteiger partial charge < -0.3 is 24.8 Å². The SMILES string of the molecule is CNS(=O)(=O)c1cccc(OCC(O)CNC2COC3(CCN(S(=O)(=O)c4cccc(-c5cccc(CN(C)C)c5)c4)CC3)C2)c1. The van der Waals surface area contributed by atoms with Crippen LogP contribution in [0.15, 0.2) is 82.6 Å². The van der Waals surface area contributed by atoms with Gasteiger partial charge in [-0.15, -0.1) is 0 Å². The van der Waals surface area contributed by atoms with Gasteiger partial charge in [-0.2, -0.15) is 4.31 Å². The monoisotopic (exact) mass is 672 g/mol. The first-order chi connectivity index (χ1) is 21.9. The molecule has 3 aromatic carbocycles. The van der Waals surface area contributed by atoms with E-state index in [0.29, 0.717) is 38.3 Å². The molecule has 13 heteroatoms. The Balaban J connectivity index is 1.11. The molecule has 2 fully saturated rings. The van der Waals surface area contributed by atoms with Crippen molar-refractivity contribution >= 4 is 20.0 Å². The van der Waals surface area contributed by atoms with E-state index in [1.54, 1.807) is 34.6 Å². The number of piperidine rings is 1. The molecule has 46 heavy (non-hydrogen) atoms. The summed E-state index contributed by atoms with van der Waals surface area (Å²) in [4.78, 5) is 2.47. The van der Waals surface area contributed by atoms with E-state index in [4.69, 9.17) is 9.47 Å². The van der Waals surface area contributed by atoms with Crippen molar-refractivity contribution in [2.75, 3.05) is 54.0 Å². The Kier molecular flexibility index (Phi) is 10.8. The second kappa shape index (κ2) is 14.5. The van der Waals surface area contributed by atoms with Crippen molar-refractivity contribution < 1.29 is 31.4 Å². The van der Waals surface area contributed by atoms with Gasteiger partial charge >= 0.3 is 0 Å². The lowest BCUT2D eigenvalue weighted by Gasteiger charge is -2.38. The van der Waals surface area contributed by atoms with Crippen molar-refractivity contribution in [2.45, 2.75) is 53.3 Å². The van der Waals surface area contributed by atoms with Crippen molar-refractivity contribution in [1.29, 1.82) is 0 Å². The zero-order chi connectivity index (χ0) is 33.0. The minimum absolute atomic E-state index is 0.00961. The number of nitrogens with one attached hydrogen (secondary N) is 2. The topological polar surface area (TPSA) is 138 Å². The van der Waals surface area contributed by atoms with E-state index < -0.39 is 31.8 Å². The average Bonchev–Trinajstić information content (AvgIpc) is 3.44. The second-order valence-corrected chi connectivity index (χ2v) is 16.1. The summed E-state index contributed by atoms with van der Waals surface area (Å²) in [6, 6.07) is 21.5. The van der Waals surface area contributed by atoms with Crippen LogP contribution in [0.4, 0.5) is 0 Å². The summed E-state index contributed by atoms with van der Waals surface area (Å²) in [5, 5.41) is 13.8. The summed E-state index contributed by atoms with van der Waals surface area (Å²) in [7, 11) is -1.89. The quantitative estimate of drug-likeness (QED) is 0.250. The fourth-order valence-electron chi connectivity index (χ4n) is 6.06. The predicted molar refractivity (Wildman–Crippen MR) is 177 cm³/mol. The largest absolute Gasteiger partial charge is 0.491 e. The van der Waals surface area contributed by atoms with E-state index in [-0.39, 0.29) is 29.0 Å². The first-order valence-electron chi connectivity index (χ1n) is 15.5. The summed E-state index contributed by atoms with van der Waals surface area (Å²) in [5.74, 6) is 0.348. The number of hydrogen-bond acceptors (Lipinski definition) is 9. The Bertz CT molecular complexity index is 1710. The maximum absolute atomic E-state index is 13.7. The van der Waals surface area contributed by atoms with Crippen LogP contribution in [0.2, 0.25) is 0 Å². The van der Waals surface area contributed by atoms with Crippen LogP contribution in [0.25, 0.3) is 11.1 Å². The van der Waals surface area contributed by atoms with Gasteiger partial charge in [-0.1, -0.05) is 36.4 Å². The number of ether oxygens (including phenoxy) is 2. The maximum Gasteiger partial charge on any atom is 0.243 e. The third-order valence-electron chi connectivity index (χ3n) is 8.54. The molecule has 2 heterocycles. The number of aliphatic hydroxyl groups is 1. The highest BCUT2D eigenvalue weighted by Crippen LogP contribution is 2.37. The highest BCUT2D eigenvalue weighted by atomic mass is 32.2. The molecule has 0 aromatic heterocycles. The molecule has 3 N–H and O–H groups in total. The highest BCUT2D eigenvalue weighted by Gasteiger charge is 2.44. The molecular weight excluding hydrogens is 629 g/mol. The van der Waals surface area contributed by atoms with E-state index in [0.717, 1.165) is 29.7 Å². The first kappa shape index (κ1) is 34.5. The van der Waals surface area contributed by atoms with Gasteiger partial charge in [0.15, 0.2) is 0 Å². The van der Waals surface area contributed by atoms with Crippen LogP contribution in [0.3, 0.4) is 0 Å². The van der Waals surface area contributed by atoms with Crippen molar-refractivity contribution in [3.05, 3.63) is 78.4 Å². The Morgan fingerprint density at radius 3 is 2.37 bits per heavy atom. The van der Waals surface area contributed by atoms with Crippen molar-refractivity contribution in [3.8, 4) is 16.9 Å². The molecule has 0 saturated carbocycles. The molecule has 1 spiro atoms. The molecule has 0 aliphatic carbocycles. The standard InChI is InChI=1S/C33H44N4O7S2/c1-34-45(39,40)31-11-6-10-30(19-31)43-24-29(38)21-35-28-20-33(44-23-28)13-15-37(16-14-33)46(41,42)32-12-5-9-27(18-32)26-8-4-7-25(17-26)22-36(2)3/h4-12,17-19,28-29,34-35,38H,13-16,20-24H2,1-3H3. The van der Waals surface area contributed by atoms with Crippen LogP contribution in [-0.2, 0) is 31.3 Å². The lowest BCUT2D eigenvalue weighted by molar-refractivity contribution is -0.0312. The van der Waals surface area contributed by atoms with Gasteiger partial charge in [0, 0.05) is 38.3 Å². The zero-order valence-corrected chi connectivity index (χ0v) is 28.2. The Morgan fingerprint density at radius 1 is 0.978 bits per heavy atom. The molecule has 2 atom stereocenters. The first-order valence-corrected chi connectivity index (χ1v) is 18.4. The molecule has 5 rings (SSSR count). The van der Waals surface area contributed by atoms with E-state index in [1.165, 1.54) is 19.2 Å². The number of aliphatic hydroxyl groups excluding tert-OH is 1. The van der Waals surface area contributed by atoms with Gasteiger partial charge in [0.05, 0.1) is 22.0 Å². The van der Waals surface area contributed by atoms with Gasteiger partial charge in [-0.3, -0.25) is 0 Å². The van der Waals surface area contributed by atoms with Gasteiger partial charge in [0.2, 0.25) is 20.0 Å². The smallest absolute Gasteiger partial charge is 0.243 e. The molecule has 3 aromatic rings. The molecule has 2 aliphatic heterocycles. The van der Waals surface area contributed by atoms with Gasteiger partial charge in [-0.25, -0.2) is 21.6 Å². The average molecular weight is 673 g/mol. The van der Waals surface area contributed by atoms with Gasteiger partial charge in [0.25, 0.3) is 0 Å². The minimum Gasteiger partial charge on any atom is -0.491 e. The molecule has 2 aliphatic rings. The van der Waals surface area contributed by atoms with Crippen LogP contribution in [-0.4, -0.2) is 103 Å². The summed E-state index contributed by atoms with van der Waals surface area (Å²) in [6.07, 6.45) is 1.08.